The Morgan fingerprint density at radius 1 is 1.11 bits per heavy atom. The number of nitrogens with zero attached hydrogens (tertiary/aromatic N) is 8. The Kier molecular flexibility index (Phi) is 6.53. The Morgan fingerprint density at radius 2 is 1.84 bits per heavy atom. The van der Waals surface area contributed by atoms with Gasteiger partial charge in [-0.2, -0.15) is 9.61 Å². The van der Waals surface area contributed by atoms with Gasteiger partial charge in [0.1, 0.15) is 17.0 Å². The van der Waals surface area contributed by atoms with Crippen LogP contribution in [0.25, 0.3) is 28.2 Å². The largest absolute Gasteiger partial charge is 0.494 e. The van der Waals surface area contributed by atoms with E-state index in [-0.39, 0.29) is 46.2 Å². The average molecular weight is 619 g/mol. The van der Waals surface area contributed by atoms with Crippen molar-refractivity contribution in [3.63, 3.8) is 0 Å². The first-order valence-corrected chi connectivity index (χ1v) is 15.8. The number of methoxy groups -OCH3 is 1. The summed E-state index contributed by atoms with van der Waals surface area (Å²) in [5.74, 6) is -0.469. The smallest absolute Gasteiger partial charge is 0.292 e. The summed E-state index contributed by atoms with van der Waals surface area (Å²) in [5.41, 5.74) is 8.78. The van der Waals surface area contributed by atoms with Gasteiger partial charge in [0.15, 0.2) is 32.9 Å². The van der Waals surface area contributed by atoms with Crippen LogP contribution >= 0.6 is 0 Å². The number of piperidine rings is 1. The van der Waals surface area contributed by atoms with E-state index in [0.717, 1.165) is 19.1 Å². The SMILES string of the molecule is COc1ccc(-c2ncc(-c3cnn4c(N)c(S(C)(=O)=O)c([C@@H]5C[C@H]6CC[C@@H](C5)N6C(=O)c5nnc[nH]5)nc34)cn2)cc1F. The first-order valence-electron chi connectivity index (χ1n) is 13.9. The van der Waals surface area contributed by atoms with Crippen molar-refractivity contribution < 1.29 is 22.3 Å². The average Bonchev–Trinajstić information content (AvgIpc) is 3.75. The predicted octanol–water partition coefficient (Wildman–Crippen LogP) is 2.66. The van der Waals surface area contributed by atoms with Crippen LogP contribution in [0.4, 0.5) is 10.2 Å². The number of nitrogens with one attached hydrogen (secondary N) is 1. The Hall–Kier alpha value is -4.99. The molecule has 2 fully saturated rings. The third-order valence-corrected chi connectivity index (χ3v) is 9.54. The van der Waals surface area contributed by atoms with E-state index >= 15 is 0 Å². The number of nitrogens with two attached hydrogens (primary N) is 1. The van der Waals surface area contributed by atoms with Gasteiger partial charge in [-0.15, -0.1) is 10.2 Å². The van der Waals surface area contributed by atoms with Crippen LogP contribution in [0, 0.1) is 5.82 Å². The number of nitrogen functional groups attached to an aromatic ring is 1. The Morgan fingerprint density at radius 3 is 2.45 bits per heavy atom. The van der Waals surface area contributed by atoms with E-state index in [9.17, 15) is 17.6 Å². The molecule has 2 bridgehead atoms. The minimum Gasteiger partial charge on any atom is -0.494 e. The molecule has 6 heterocycles. The second kappa shape index (κ2) is 10.3. The molecule has 1 aromatic carbocycles. The Bertz CT molecular complexity index is 2000. The zero-order valence-electron chi connectivity index (χ0n) is 23.7. The molecule has 0 spiro atoms. The van der Waals surface area contributed by atoms with Gasteiger partial charge < -0.3 is 20.4 Å². The van der Waals surface area contributed by atoms with Crippen LogP contribution < -0.4 is 10.5 Å². The number of rotatable bonds is 6. The van der Waals surface area contributed by atoms with Gasteiger partial charge in [0.25, 0.3) is 5.91 Å². The number of aromatic nitrogens is 8. The van der Waals surface area contributed by atoms with Gasteiger partial charge in [-0.25, -0.2) is 27.8 Å². The standard InChI is InChI=1S/C28H27FN10O4S/c1-43-21-6-3-14(9-20(21)29)25-31-10-16(11-32-25)19-12-35-39-24(30)23(44(2,41)42)22(36-27(19)39)15-7-17-4-5-18(8-15)38(17)28(40)26-33-13-34-37-26/h3,6,9-13,15,17-18H,4-5,7-8,30H2,1-2H3,(H,33,34,37)/t15-,17-,18+. The summed E-state index contributed by atoms with van der Waals surface area (Å²) in [6, 6.07) is 4.22. The Balaban J connectivity index is 1.26. The molecule has 5 aromatic rings. The monoisotopic (exact) mass is 618 g/mol. The molecule has 14 nitrogen and oxygen atoms in total. The summed E-state index contributed by atoms with van der Waals surface area (Å²) in [5, 5.41) is 12.0. The number of ether oxygens (including phenoxy) is 1. The number of sulfone groups is 1. The topological polar surface area (TPSA) is 187 Å². The molecule has 3 N–H and O–H groups in total. The maximum Gasteiger partial charge on any atom is 0.292 e. The molecule has 226 valence electrons. The summed E-state index contributed by atoms with van der Waals surface area (Å²) < 4.78 is 46.7. The highest BCUT2D eigenvalue weighted by atomic mass is 32.2. The van der Waals surface area contributed by atoms with E-state index in [4.69, 9.17) is 15.5 Å². The molecule has 0 saturated carbocycles. The minimum absolute atomic E-state index is 0.0440. The third-order valence-electron chi connectivity index (χ3n) is 8.38. The number of hydrogen-bond acceptors (Lipinski definition) is 11. The predicted molar refractivity (Wildman–Crippen MR) is 155 cm³/mol. The summed E-state index contributed by atoms with van der Waals surface area (Å²) in [6.45, 7) is 0. The van der Waals surface area contributed by atoms with Crippen molar-refractivity contribution in [3.8, 4) is 28.3 Å². The lowest BCUT2D eigenvalue weighted by Crippen LogP contribution is -2.46. The highest BCUT2D eigenvalue weighted by Crippen LogP contribution is 2.45. The van der Waals surface area contributed by atoms with Crippen molar-refractivity contribution in [1.29, 1.82) is 0 Å². The van der Waals surface area contributed by atoms with E-state index in [2.05, 4.69) is 30.2 Å². The summed E-state index contributed by atoms with van der Waals surface area (Å²) in [4.78, 5) is 31.4. The number of halogens is 1. The van der Waals surface area contributed by atoms with Crippen LogP contribution in [0.3, 0.4) is 0 Å². The lowest BCUT2D eigenvalue weighted by Gasteiger charge is -2.38. The molecule has 44 heavy (non-hydrogen) atoms. The molecule has 2 aliphatic rings. The fourth-order valence-electron chi connectivity index (χ4n) is 6.46. The zero-order valence-corrected chi connectivity index (χ0v) is 24.5. The van der Waals surface area contributed by atoms with Crippen molar-refractivity contribution in [2.45, 2.75) is 48.6 Å². The van der Waals surface area contributed by atoms with Crippen molar-refractivity contribution in [2.24, 2.45) is 0 Å². The van der Waals surface area contributed by atoms with Crippen LogP contribution in [0.15, 0.2) is 48.0 Å². The van der Waals surface area contributed by atoms with E-state index in [1.165, 1.54) is 36.3 Å². The van der Waals surface area contributed by atoms with Crippen LogP contribution in [-0.2, 0) is 9.84 Å². The molecule has 3 atom stereocenters. The van der Waals surface area contributed by atoms with Crippen LogP contribution in [0.2, 0.25) is 0 Å². The first kappa shape index (κ1) is 27.8. The van der Waals surface area contributed by atoms with Gasteiger partial charge in [-0.3, -0.25) is 4.79 Å². The number of hydrogen-bond donors (Lipinski definition) is 2. The maximum atomic E-state index is 14.3. The van der Waals surface area contributed by atoms with Gasteiger partial charge in [-0.05, 0) is 43.9 Å². The number of amides is 1. The van der Waals surface area contributed by atoms with Crippen molar-refractivity contribution in [2.75, 3.05) is 19.1 Å². The highest BCUT2D eigenvalue weighted by Gasteiger charge is 2.46. The molecule has 16 heteroatoms. The summed E-state index contributed by atoms with van der Waals surface area (Å²) >= 11 is 0. The van der Waals surface area contributed by atoms with Gasteiger partial charge in [-0.1, -0.05) is 0 Å². The van der Waals surface area contributed by atoms with Gasteiger partial charge >= 0.3 is 0 Å². The molecular formula is C28H27FN10O4S. The fourth-order valence-corrected chi connectivity index (χ4v) is 7.52. The van der Waals surface area contributed by atoms with Gasteiger partial charge in [0.05, 0.1) is 19.0 Å². The number of fused-ring (bicyclic) bond motifs is 3. The normalized spacial score (nSPS) is 19.9. The number of aromatic amines is 1. The number of anilines is 1. The van der Waals surface area contributed by atoms with Crippen LogP contribution in [-0.4, -0.2) is 84.4 Å². The number of carbonyl (C=O) groups excluding carboxylic acids is 1. The summed E-state index contributed by atoms with van der Waals surface area (Å²) in [7, 11) is -2.41. The molecule has 2 aliphatic heterocycles. The lowest BCUT2D eigenvalue weighted by atomic mass is 9.87. The van der Waals surface area contributed by atoms with Crippen LogP contribution in [0.1, 0.15) is 47.9 Å². The van der Waals surface area contributed by atoms with Gasteiger partial charge in [0, 0.05) is 53.3 Å². The molecule has 0 aliphatic carbocycles. The highest BCUT2D eigenvalue weighted by molar-refractivity contribution is 7.91. The first-order chi connectivity index (χ1) is 21.1. The quantitative estimate of drug-likeness (QED) is 0.285. The third kappa shape index (κ3) is 4.52. The van der Waals surface area contributed by atoms with Crippen LogP contribution in [0.5, 0.6) is 5.75 Å². The number of benzene rings is 1. The molecular weight excluding hydrogens is 591 g/mol. The van der Waals surface area contributed by atoms with E-state index in [1.54, 1.807) is 18.5 Å². The molecule has 1 amide bonds. The fraction of sp³-hybridized carbons (Fsp3) is 0.321. The van der Waals surface area contributed by atoms with Crippen molar-refractivity contribution in [3.05, 3.63) is 60.5 Å². The number of carbonyl (C=O) groups is 1. The molecule has 0 radical (unpaired) electrons. The van der Waals surface area contributed by atoms with E-state index in [1.807, 2.05) is 4.90 Å². The Labute approximate surface area is 250 Å². The van der Waals surface area contributed by atoms with Gasteiger partial charge in [0.2, 0.25) is 5.82 Å². The van der Waals surface area contributed by atoms with E-state index in [0.29, 0.717) is 46.7 Å². The molecule has 4 aromatic heterocycles. The second-order valence-corrected chi connectivity index (χ2v) is 13.0. The zero-order chi connectivity index (χ0) is 30.7. The molecule has 0 unspecified atom stereocenters. The second-order valence-electron chi connectivity index (χ2n) is 11.0. The summed E-state index contributed by atoms with van der Waals surface area (Å²) in [6.07, 6.45) is 9.73. The van der Waals surface area contributed by atoms with E-state index < -0.39 is 15.7 Å². The number of H-pyrrole nitrogens is 1. The minimum atomic E-state index is -3.80. The lowest BCUT2D eigenvalue weighted by molar-refractivity contribution is 0.0556. The molecule has 2 saturated heterocycles. The van der Waals surface area contributed by atoms with Crippen molar-refractivity contribution in [1.82, 2.24) is 44.6 Å². The van der Waals surface area contributed by atoms with Crippen molar-refractivity contribution >= 4 is 27.2 Å². The molecule has 7 rings (SSSR count). The maximum absolute atomic E-state index is 14.3.